The van der Waals surface area contributed by atoms with Crippen LogP contribution in [0.15, 0.2) is 0 Å². The van der Waals surface area contributed by atoms with Gasteiger partial charge in [-0.05, 0) is 142 Å². The molecule has 10 N–H and O–H groups in total. The molecule has 0 aromatic heterocycles. The number of amides is 6. The zero-order valence-electron chi connectivity index (χ0n) is 28.8. The van der Waals surface area contributed by atoms with Crippen LogP contribution in [0.25, 0.3) is 0 Å². The van der Waals surface area contributed by atoms with Gasteiger partial charge in [0.1, 0.15) is 13.2 Å². The lowest BCUT2D eigenvalue weighted by Crippen LogP contribution is -2.38. The van der Waals surface area contributed by atoms with Crippen LogP contribution < -0.4 is 21.3 Å². The Balaban J connectivity index is 2.38. The fraction of sp³-hybridized carbons (Fsp3) is 0.419. The van der Waals surface area contributed by atoms with Gasteiger partial charge < -0.3 is 61.7 Å². The second kappa shape index (κ2) is 23.9. The summed E-state index contributed by atoms with van der Waals surface area (Å²) >= 11 is 11.1. The first kappa shape index (κ1) is 50.5. The summed E-state index contributed by atoms with van der Waals surface area (Å²) < 4.78 is 1.60. The SMILES string of the molecule is CN(CC(O)CO)C(=O)c1c(I)c(NC(=O)CO)c(I)c(C(=O)NCCCNC(=O)c2c(I)c(NC(=O)CO)c(I)c(C(=O)N(C)CC(O)CO)c2I)c1I. The lowest BCUT2D eigenvalue weighted by molar-refractivity contribution is -0.119. The van der Waals surface area contributed by atoms with Crippen molar-refractivity contribution in [2.75, 3.05) is 77.3 Å². The van der Waals surface area contributed by atoms with Crippen molar-refractivity contribution in [3.63, 3.8) is 0 Å². The number of halogens is 6. The van der Waals surface area contributed by atoms with Crippen molar-refractivity contribution in [3.8, 4) is 0 Å². The maximum Gasteiger partial charge on any atom is 0.255 e. The second-order valence-corrected chi connectivity index (χ2v) is 17.9. The van der Waals surface area contributed by atoms with Gasteiger partial charge >= 0.3 is 0 Å². The molecule has 2 atom stereocenters. The molecule has 2 aromatic carbocycles. The molecule has 304 valence electrons. The Morgan fingerprint density at radius 2 is 0.855 bits per heavy atom. The molecule has 0 aliphatic carbocycles. The Labute approximate surface area is 396 Å². The average molecular weight is 1450 g/mol. The maximum absolute atomic E-state index is 13.6. The normalized spacial score (nSPS) is 12.0. The summed E-state index contributed by atoms with van der Waals surface area (Å²) in [4.78, 5) is 81.0. The van der Waals surface area contributed by atoms with Crippen molar-refractivity contribution in [1.29, 1.82) is 0 Å². The molecular weight excluding hydrogens is 1410 g/mol. The molecule has 2 rings (SSSR count). The third-order valence-electron chi connectivity index (χ3n) is 7.34. The van der Waals surface area contributed by atoms with Gasteiger partial charge in [0.05, 0.1) is 73.3 Å². The highest BCUT2D eigenvalue weighted by atomic mass is 127. The van der Waals surface area contributed by atoms with E-state index in [9.17, 15) is 59.4 Å². The predicted octanol–water partition coefficient (Wildman–Crippen LogP) is 0.576. The van der Waals surface area contributed by atoms with E-state index in [1.165, 1.54) is 14.1 Å². The Bertz CT molecular complexity index is 1690. The van der Waals surface area contributed by atoms with E-state index in [1.807, 2.05) is 136 Å². The third kappa shape index (κ3) is 13.2. The number of carbonyl (C=O) groups is 6. The Kier molecular flexibility index (Phi) is 21.9. The fourth-order valence-electron chi connectivity index (χ4n) is 4.64. The van der Waals surface area contributed by atoms with E-state index in [-0.39, 0.29) is 87.6 Å². The van der Waals surface area contributed by atoms with E-state index in [4.69, 9.17) is 0 Å². The first-order valence-electron chi connectivity index (χ1n) is 15.7. The van der Waals surface area contributed by atoms with Crippen LogP contribution >= 0.6 is 136 Å². The number of anilines is 2. The number of aliphatic hydroxyl groups excluding tert-OH is 6. The molecule has 0 saturated heterocycles. The molecule has 0 heterocycles. The van der Waals surface area contributed by atoms with Gasteiger partial charge in [0.15, 0.2) is 0 Å². The molecule has 6 amide bonds. The fourth-order valence-corrected chi connectivity index (χ4v) is 13.4. The van der Waals surface area contributed by atoms with E-state index in [1.54, 1.807) is 0 Å². The lowest BCUT2D eigenvalue weighted by atomic mass is 10.1. The first-order chi connectivity index (χ1) is 25.8. The van der Waals surface area contributed by atoms with Crippen molar-refractivity contribution in [2.24, 2.45) is 0 Å². The maximum atomic E-state index is 13.6. The number of benzene rings is 2. The van der Waals surface area contributed by atoms with Crippen molar-refractivity contribution < 1.29 is 59.4 Å². The van der Waals surface area contributed by atoms with Crippen molar-refractivity contribution in [1.82, 2.24) is 20.4 Å². The van der Waals surface area contributed by atoms with Gasteiger partial charge in [0, 0.05) is 47.4 Å². The predicted molar refractivity (Wildman–Crippen MR) is 250 cm³/mol. The molecule has 2 aromatic rings. The van der Waals surface area contributed by atoms with Crippen LogP contribution in [0.1, 0.15) is 47.9 Å². The van der Waals surface area contributed by atoms with Gasteiger partial charge in [-0.25, -0.2) is 0 Å². The van der Waals surface area contributed by atoms with E-state index in [0.717, 1.165) is 9.80 Å². The molecule has 0 aliphatic heterocycles. The standard InChI is InChI=1S/C31H36I6N6O12/c1-42(6-12(48)8-44)30(54)18-20(32)16(22(34)26(24(18)36)40-14(50)10-46)28(52)38-4-3-5-39-29(53)17-21(33)19(31(55)43(2)7-13(49)9-45)25(37)27(23(17)35)41-15(51)11-47/h12-13,44-49H,3-11H2,1-2H3,(H,38,52)(H,39,53)(H,40,50)(H,41,51). The van der Waals surface area contributed by atoms with E-state index in [0.29, 0.717) is 0 Å². The van der Waals surface area contributed by atoms with Gasteiger partial charge in [0.2, 0.25) is 11.8 Å². The number of nitrogens with one attached hydrogen (secondary N) is 4. The average Bonchev–Trinajstić information content (AvgIpc) is 3.14. The molecule has 0 saturated carbocycles. The van der Waals surface area contributed by atoms with Gasteiger partial charge in [-0.2, -0.15) is 0 Å². The number of hydrogen-bond donors (Lipinski definition) is 10. The summed E-state index contributed by atoms with van der Waals surface area (Å²) in [5.41, 5.74) is 0.416. The molecule has 0 spiro atoms. The quantitative estimate of drug-likeness (QED) is 0.0726. The molecule has 0 bridgehead atoms. The number of carbonyl (C=O) groups excluding carboxylic acids is 6. The van der Waals surface area contributed by atoms with Crippen LogP contribution in [0.4, 0.5) is 11.4 Å². The topological polar surface area (TPSA) is 278 Å². The number of nitrogens with zero attached hydrogens (tertiary/aromatic N) is 2. The van der Waals surface area contributed by atoms with Crippen LogP contribution in [-0.4, -0.2) is 155 Å². The van der Waals surface area contributed by atoms with Crippen LogP contribution in [0.3, 0.4) is 0 Å². The van der Waals surface area contributed by atoms with E-state index < -0.39 is 74.1 Å². The summed E-state index contributed by atoms with van der Waals surface area (Å²) in [5, 5.41) is 67.6. The molecule has 24 heteroatoms. The Morgan fingerprint density at radius 3 is 1.15 bits per heavy atom. The minimum Gasteiger partial charge on any atom is -0.394 e. The van der Waals surface area contributed by atoms with E-state index >= 15 is 0 Å². The summed E-state index contributed by atoms with van der Waals surface area (Å²) in [5.74, 6) is -4.02. The van der Waals surface area contributed by atoms with Crippen LogP contribution in [0.2, 0.25) is 0 Å². The van der Waals surface area contributed by atoms with Gasteiger partial charge in [0.25, 0.3) is 23.6 Å². The van der Waals surface area contributed by atoms with Crippen LogP contribution in [0, 0.1) is 21.4 Å². The molecule has 0 fully saturated rings. The molecule has 55 heavy (non-hydrogen) atoms. The third-order valence-corrected chi connectivity index (χ3v) is 13.8. The summed E-state index contributed by atoms with van der Waals surface area (Å²) in [6.07, 6.45) is -2.24. The highest BCUT2D eigenvalue weighted by Crippen LogP contribution is 2.38. The number of hydrogen-bond acceptors (Lipinski definition) is 12. The van der Waals surface area contributed by atoms with Gasteiger partial charge in [-0.1, -0.05) is 0 Å². The molecule has 0 radical (unpaired) electrons. The van der Waals surface area contributed by atoms with Crippen LogP contribution in [0.5, 0.6) is 0 Å². The van der Waals surface area contributed by atoms with E-state index in [2.05, 4.69) is 21.3 Å². The van der Waals surface area contributed by atoms with Crippen molar-refractivity contribution in [2.45, 2.75) is 18.6 Å². The second-order valence-electron chi connectivity index (χ2n) is 11.5. The first-order valence-corrected chi connectivity index (χ1v) is 22.1. The minimum atomic E-state index is -1.22. The molecular formula is C31H36I6N6O12. The molecule has 18 nitrogen and oxygen atoms in total. The number of aliphatic hydroxyl groups is 6. The zero-order valence-corrected chi connectivity index (χ0v) is 41.8. The Morgan fingerprint density at radius 1 is 0.545 bits per heavy atom. The smallest absolute Gasteiger partial charge is 0.255 e. The highest BCUT2D eigenvalue weighted by Gasteiger charge is 2.32. The van der Waals surface area contributed by atoms with Gasteiger partial charge in [-0.15, -0.1) is 0 Å². The van der Waals surface area contributed by atoms with Crippen molar-refractivity contribution >= 4 is 182 Å². The summed E-state index contributed by atoms with van der Waals surface area (Å²) in [6, 6.07) is 0. The van der Waals surface area contributed by atoms with Gasteiger partial charge in [-0.3, -0.25) is 28.8 Å². The molecule has 0 aliphatic rings. The Hall–Kier alpha value is -0.600. The van der Waals surface area contributed by atoms with Crippen molar-refractivity contribution in [3.05, 3.63) is 43.7 Å². The number of rotatable bonds is 18. The highest BCUT2D eigenvalue weighted by molar-refractivity contribution is 14.1. The summed E-state index contributed by atoms with van der Waals surface area (Å²) in [6.45, 7) is -3.28. The zero-order chi connectivity index (χ0) is 41.9. The molecule has 2 unspecified atom stereocenters. The lowest BCUT2D eigenvalue weighted by Gasteiger charge is -2.24. The monoisotopic (exact) mass is 1450 g/mol. The number of likely N-dealkylation sites (N-methyl/N-ethyl adjacent to an activating group) is 2. The minimum absolute atomic E-state index is 0.0296. The van der Waals surface area contributed by atoms with Crippen LogP contribution in [-0.2, 0) is 9.59 Å². The largest absolute Gasteiger partial charge is 0.394 e. The summed E-state index contributed by atoms with van der Waals surface area (Å²) in [7, 11) is 2.80.